The summed E-state index contributed by atoms with van der Waals surface area (Å²) in [5, 5.41) is 4.02. The number of anilines is 2. The number of nitrogen functional groups attached to an aromatic ring is 1. The van der Waals surface area contributed by atoms with Crippen molar-refractivity contribution in [1.29, 1.82) is 0 Å². The third kappa shape index (κ3) is 3.18. The Balaban J connectivity index is 2.18. The Morgan fingerprint density at radius 3 is 2.67 bits per heavy atom. The number of nitrogens with two attached hydrogens (primary N) is 1. The predicted molar refractivity (Wildman–Crippen MR) is 82.0 cm³/mol. The molecular formula is C14H14BrClN2. The molecule has 0 saturated heterocycles. The Morgan fingerprint density at radius 2 is 2.00 bits per heavy atom. The van der Waals surface area contributed by atoms with E-state index in [4.69, 9.17) is 17.3 Å². The lowest BCUT2D eigenvalue weighted by atomic mass is 10.1. The average Bonchev–Trinajstić information content (AvgIpc) is 2.32. The highest BCUT2D eigenvalue weighted by molar-refractivity contribution is 9.10. The molecule has 2 nitrogen and oxygen atoms in total. The van der Waals surface area contributed by atoms with Crippen molar-refractivity contribution in [3.05, 3.63) is 57.5 Å². The highest BCUT2D eigenvalue weighted by Crippen LogP contribution is 2.27. The minimum atomic E-state index is 0.172. The molecule has 2 aromatic carbocycles. The van der Waals surface area contributed by atoms with Crippen molar-refractivity contribution in [2.24, 2.45) is 0 Å². The van der Waals surface area contributed by atoms with E-state index in [-0.39, 0.29) is 6.04 Å². The summed E-state index contributed by atoms with van der Waals surface area (Å²) in [6, 6.07) is 13.8. The Kier molecular flexibility index (Phi) is 4.15. The van der Waals surface area contributed by atoms with E-state index >= 15 is 0 Å². The van der Waals surface area contributed by atoms with Gasteiger partial charge in [0, 0.05) is 15.5 Å². The normalized spacial score (nSPS) is 12.2. The molecule has 0 aromatic heterocycles. The quantitative estimate of drug-likeness (QED) is 0.791. The molecule has 0 fully saturated rings. The van der Waals surface area contributed by atoms with Crippen molar-refractivity contribution in [1.82, 2.24) is 0 Å². The van der Waals surface area contributed by atoms with Crippen LogP contribution in [-0.2, 0) is 0 Å². The number of hydrogen-bond acceptors (Lipinski definition) is 2. The largest absolute Gasteiger partial charge is 0.397 e. The van der Waals surface area contributed by atoms with Crippen molar-refractivity contribution in [2.45, 2.75) is 13.0 Å². The lowest BCUT2D eigenvalue weighted by Gasteiger charge is -2.17. The minimum Gasteiger partial charge on any atom is -0.397 e. The van der Waals surface area contributed by atoms with Crippen molar-refractivity contribution in [2.75, 3.05) is 11.1 Å². The molecule has 0 aliphatic rings. The SMILES string of the molecule is CC(Nc1ccc(Cl)cc1N)c1cccc(Br)c1. The van der Waals surface area contributed by atoms with Crippen LogP contribution in [-0.4, -0.2) is 0 Å². The molecule has 0 saturated carbocycles. The van der Waals surface area contributed by atoms with Crippen molar-refractivity contribution < 1.29 is 0 Å². The molecular weight excluding hydrogens is 312 g/mol. The molecule has 0 bridgehead atoms. The van der Waals surface area contributed by atoms with Gasteiger partial charge in [0.2, 0.25) is 0 Å². The maximum absolute atomic E-state index is 5.92. The second kappa shape index (κ2) is 5.63. The van der Waals surface area contributed by atoms with E-state index < -0.39 is 0 Å². The van der Waals surface area contributed by atoms with E-state index in [9.17, 15) is 0 Å². The summed E-state index contributed by atoms with van der Waals surface area (Å²) < 4.78 is 1.07. The van der Waals surface area contributed by atoms with E-state index in [1.165, 1.54) is 5.56 Å². The average molecular weight is 326 g/mol. The molecule has 0 spiro atoms. The molecule has 0 radical (unpaired) electrons. The van der Waals surface area contributed by atoms with Gasteiger partial charge in [-0.3, -0.25) is 0 Å². The number of hydrogen-bond donors (Lipinski definition) is 2. The molecule has 0 aliphatic carbocycles. The molecule has 94 valence electrons. The summed E-state index contributed by atoms with van der Waals surface area (Å²) in [4.78, 5) is 0. The number of rotatable bonds is 3. The first-order valence-corrected chi connectivity index (χ1v) is 6.80. The van der Waals surface area contributed by atoms with Gasteiger partial charge in [-0.25, -0.2) is 0 Å². The Morgan fingerprint density at radius 1 is 1.22 bits per heavy atom. The number of benzene rings is 2. The maximum atomic E-state index is 5.92. The molecule has 18 heavy (non-hydrogen) atoms. The molecule has 1 unspecified atom stereocenters. The fraction of sp³-hybridized carbons (Fsp3) is 0.143. The first-order valence-electron chi connectivity index (χ1n) is 5.63. The molecule has 0 amide bonds. The van der Waals surface area contributed by atoms with Gasteiger partial charge in [0.1, 0.15) is 0 Å². The molecule has 3 N–H and O–H groups in total. The smallest absolute Gasteiger partial charge is 0.0579 e. The molecule has 4 heteroatoms. The van der Waals surface area contributed by atoms with Crippen LogP contribution < -0.4 is 11.1 Å². The molecule has 2 rings (SSSR count). The van der Waals surface area contributed by atoms with Crippen LogP contribution in [0.1, 0.15) is 18.5 Å². The van der Waals surface area contributed by atoms with Crippen LogP contribution in [0.15, 0.2) is 46.9 Å². The molecule has 1 atom stereocenters. The van der Waals surface area contributed by atoms with Crippen LogP contribution in [0.4, 0.5) is 11.4 Å². The van der Waals surface area contributed by atoms with Crippen LogP contribution in [0.2, 0.25) is 5.02 Å². The maximum Gasteiger partial charge on any atom is 0.0579 e. The first kappa shape index (κ1) is 13.2. The van der Waals surface area contributed by atoms with E-state index in [0.717, 1.165) is 10.2 Å². The highest BCUT2D eigenvalue weighted by atomic mass is 79.9. The standard InChI is InChI=1S/C14H14BrClN2/c1-9(10-3-2-4-11(15)7-10)18-14-6-5-12(16)8-13(14)17/h2-9,18H,17H2,1H3. The highest BCUT2D eigenvalue weighted by Gasteiger charge is 2.07. The minimum absolute atomic E-state index is 0.172. The van der Waals surface area contributed by atoms with Crippen LogP contribution in [0.3, 0.4) is 0 Å². The van der Waals surface area contributed by atoms with Gasteiger partial charge >= 0.3 is 0 Å². The van der Waals surface area contributed by atoms with E-state index in [2.05, 4.69) is 40.3 Å². The van der Waals surface area contributed by atoms with E-state index in [1.54, 1.807) is 6.07 Å². The van der Waals surface area contributed by atoms with Crippen LogP contribution in [0, 0.1) is 0 Å². The van der Waals surface area contributed by atoms with Gasteiger partial charge in [-0.15, -0.1) is 0 Å². The second-order valence-corrected chi connectivity index (χ2v) is 5.50. The lowest BCUT2D eigenvalue weighted by molar-refractivity contribution is 0.884. The zero-order valence-corrected chi connectivity index (χ0v) is 12.3. The third-order valence-corrected chi connectivity index (χ3v) is 3.46. The van der Waals surface area contributed by atoms with Crippen molar-refractivity contribution >= 4 is 38.9 Å². The van der Waals surface area contributed by atoms with Gasteiger partial charge in [-0.05, 0) is 42.8 Å². The summed E-state index contributed by atoms with van der Waals surface area (Å²) >= 11 is 9.35. The Hall–Kier alpha value is -1.19. The van der Waals surface area contributed by atoms with Gasteiger partial charge in [0.25, 0.3) is 0 Å². The summed E-state index contributed by atoms with van der Waals surface area (Å²) in [6.07, 6.45) is 0. The summed E-state index contributed by atoms with van der Waals surface area (Å²) in [7, 11) is 0. The second-order valence-electron chi connectivity index (χ2n) is 4.15. The zero-order chi connectivity index (χ0) is 13.1. The lowest BCUT2D eigenvalue weighted by Crippen LogP contribution is -2.08. The fourth-order valence-electron chi connectivity index (χ4n) is 1.76. The van der Waals surface area contributed by atoms with E-state index in [1.807, 2.05) is 24.3 Å². The Labute approximate surface area is 120 Å². The van der Waals surface area contributed by atoms with Gasteiger partial charge < -0.3 is 11.1 Å². The zero-order valence-electron chi connectivity index (χ0n) is 9.95. The molecule has 0 aliphatic heterocycles. The summed E-state index contributed by atoms with van der Waals surface area (Å²) in [5.74, 6) is 0. The monoisotopic (exact) mass is 324 g/mol. The third-order valence-electron chi connectivity index (χ3n) is 2.73. The van der Waals surface area contributed by atoms with Crippen LogP contribution in [0.5, 0.6) is 0 Å². The van der Waals surface area contributed by atoms with Crippen LogP contribution in [0.25, 0.3) is 0 Å². The van der Waals surface area contributed by atoms with Gasteiger partial charge in [0.05, 0.1) is 11.4 Å². The first-order chi connectivity index (χ1) is 8.56. The molecule has 0 heterocycles. The van der Waals surface area contributed by atoms with Crippen molar-refractivity contribution in [3.8, 4) is 0 Å². The van der Waals surface area contributed by atoms with Crippen molar-refractivity contribution in [3.63, 3.8) is 0 Å². The van der Waals surface area contributed by atoms with Gasteiger partial charge in [-0.2, -0.15) is 0 Å². The fourth-order valence-corrected chi connectivity index (χ4v) is 2.36. The Bertz CT molecular complexity index is 557. The molecule has 2 aromatic rings. The predicted octanol–water partition coefficient (Wildman–Crippen LogP) is 4.86. The summed E-state index contributed by atoms with van der Waals surface area (Å²) in [6.45, 7) is 2.09. The van der Waals surface area contributed by atoms with Gasteiger partial charge in [0.15, 0.2) is 0 Å². The number of halogens is 2. The topological polar surface area (TPSA) is 38.0 Å². The van der Waals surface area contributed by atoms with E-state index in [0.29, 0.717) is 10.7 Å². The number of nitrogens with one attached hydrogen (secondary N) is 1. The summed E-state index contributed by atoms with van der Waals surface area (Å²) in [5.41, 5.74) is 8.67. The van der Waals surface area contributed by atoms with Gasteiger partial charge in [-0.1, -0.05) is 39.7 Å². The van der Waals surface area contributed by atoms with Crippen LogP contribution >= 0.6 is 27.5 Å².